The van der Waals surface area contributed by atoms with Crippen molar-refractivity contribution in [3.8, 4) is 0 Å². The highest BCUT2D eigenvalue weighted by molar-refractivity contribution is 7.89. The molecule has 0 bridgehead atoms. The molecule has 0 fully saturated rings. The van der Waals surface area contributed by atoms with Gasteiger partial charge in [0.15, 0.2) is 0 Å². The molecule has 1 unspecified atom stereocenters. The Morgan fingerprint density at radius 2 is 2.05 bits per heavy atom. The molecular formula is C13H18N4O2S2. The lowest BCUT2D eigenvalue weighted by Gasteiger charge is -2.12. The third-order valence-corrected chi connectivity index (χ3v) is 5.32. The number of anilines is 1. The predicted molar refractivity (Wildman–Crippen MR) is 83.9 cm³/mol. The van der Waals surface area contributed by atoms with Crippen LogP contribution in [0.15, 0.2) is 34.8 Å². The van der Waals surface area contributed by atoms with Crippen LogP contribution in [0.5, 0.6) is 0 Å². The number of nitrogens with one attached hydrogen (secondary N) is 2. The van der Waals surface area contributed by atoms with Crippen LogP contribution in [0.3, 0.4) is 0 Å². The maximum absolute atomic E-state index is 12.3. The van der Waals surface area contributed by atoms with Crippen molar-refractivity contribution < 1.29 is 8.42 Å². The van der Waals surface area contributed by atoms with Gasteiger partial charge in [0.05, 0.1) is 18.4 Å². The maximum Gasteiger partial charge on any atom is 0.244 e. The average molecular weight is 326 g/mol. The summed E-state index contributed by atoms with van der Waals surface area (Å²) in [5.41, 5.74) is 0. The molecule has 114 valence electrons. The molecule has 2 heterocycles. The molecule has 0 aliphatic carbocycles. The summed E-state index contributed by atoms with van der Waals surface area (Å²) in [6.07, 6.45) is 3.58. The van der Waals surface area contributed by atoms with Crippen molar-refractivity contribution in [1.82, 2.24) is 14.7 Å². The van der Waals surface area contributed by atoms with E-state index in [1.807, 2.05) is 24.4 Å². The van der Waals surface area contributed by atoms with E-state index in [1.54, 1.807) is 6.92 Å². The SMILES string of the molecule is CCCNc1ncc(S(=O)(=O)NC(C)c2cccs2)cn1. The summed E-state index contributed by atoms with van der Waals surface area (Å²) in [5.74, 6) is 0.433. The van der Waals surface area contributed by atoms with Gasteiger partial charge in [0, 0.05) is 11.4 Å². The summed E-state index contributed by atoms with van der Waals surface area (Å²) in [5, 5.41) is 4.91. The zero-order valence-electron chi connectivity index (χ0n) is 11.9. The van der Waals surface area contributed by atoms with Crippen molar-refractivity contribution in [3.63, 3.8) is 0 Å². The van der Waals surface area contributed by atoms with E-state index in [-0.39, 0.29) is 10.9 Å². The lowest BCUT2D eigenvalue weighted by Crippen LogP contribution is -2.26. The molecule has 2 N–H and O–H groups in total. The van der Waals surface area contributed by atoms with Gasteiger partial charge in [-0.05, 0) is 24.8 Å². The zero-order chi connectivity index (χ0) is 15.3. The van der Waals surface area contributed by atoms with E-state index < -0.39 is 10.0 Å². The third kappa shape index (κ3) is 4.23. The number of rotatable bonds is 7. The van der Waals surface area contributed by atoms with Crippen molar-refractivity contribution in [3.05, 3.63) is 34.8 Å². The van der Waals surface area contributed by atoms with Crippen LogP contribution < -0.4 is 10.0 Å². The smallest absolute Gasteiger partial charge is 0.244 e. The van der Waals surface area contributed by atoms with Gasteiger partial charge < -0.3 is 5.32 Å². The molecule has 0 aliphatic rings. The molecule has 0 aromatic carbocycles. The van der Waals surface area contributed by atoms with E-state index in [0.717, 1.165) is 17.8 Å². The van der Waals surface area contributed by atoms with E-state index in [1.165, 1.54) is 23.7 Å². The number of aromatic nitrogens is 2. The number of hydrogen-bond donors (Lipinski definition) is 2. The highest BCUT2D eigenvalue weighted by Crippen LogP contribution is 2.20. The van der Waals surface area contributed by atoms with Gasteiger partial charge in [-0.2, -0.15) is 0 Å². The monoisotopic (exact) mass is 326 g/mol. The summed E-state index contributed by atoms with van der Waals surface area (Å²) in [4.78, 5) is 9.05. The standard InChI is InChI=1S/C13H18N4O2S2/c1-3-6-14-13-15-8-11(9-16-13)21(18,19)17-10(2)12-5-4-7-20-12/h4-5,7-10,17H,3,6H2,1-2H3,(H,14,15,16). The van der Waals surface area contributed by atoms with Crippen LogP contribution in [0, 0.1) is 0 Å². The van der Waals surface area contributed by atoms with Gasteiger partial charge in [0.2, 0.25) is 16.0 Å². The highest BCUT2D eigenvalue weighted by atomic mass is 32.2. The maximum atomic E-state index is 12.3. The molecule has 21 heavy (non-hydrogen) atoms. The first kappa shape index (κ1) is 15.9. The minimum Gasteiger partial charge on any atom is -0.354 e. The number of sulfonamides is 1. The predicted octanol–water partition coefficient (Wildman–Crippen LogP) is 2.40. The van der Waals surface area contributed by atoms with E-state index in [0.29, 0.717) is 5.95 Å². The Bertz CT molecular complexity index is 654. The Hall–Kier alpha value is -1.51. The summed E-state index contributed by atoms with van der Waals surface area (Å²) in [6.45, 7) is 4.59. The van der Waals surface area contributed by atoms with Crippen LogP contribution in [-0.2, 0) is 10.0 Å². The second-order valence-electron chi connectivity index (χ2n) is 4.53. The van der Waals surface area contributed by atoms with Gasteiger partial charge >= 0.3 is 0 Å². The highest BCUT2D eigenvalue weighted by Gasteiger charge is 2.19. The second kappa shape index (κ2) is 6.97. The van der Waals surface area contributed by atoms with Gasteiger partial charge in [0.25, 0.3) is 0 Å². The minimum absolute atomic E-state index is 0.0629. The Labute approximate surface area is 128 Å². The normalized spacial score (nSPS) is 13.0. The van der Waals surface area contributed by atoms with Gasteiger partial charge in [-0.25, -0.2) is 23.1 Å². The molecule has 6 nitrogen and oxygen atoms in total. The number of nitrogens with zero attached hydrogens (tertiary/aromatic N) is 2. The van der Waals surface area contributed by atoms with Crippen LogP contribution in [0.4, 0.5) is 5.95 Å². The van der Waals surface area contributed by atoms with Gasteiger partial charge in [-0.15, -0.1) is 11.3 Å². The second-order valence-corrected chi connectivity index (χ2v) is 7.22. The van der Waals surface area contributed by atoms with Crippen molar-refractivity contribution in [2.45, 2.75) is 31.2 Å². The van der Waals surface area contributed by atoms with Crippen molar-refractivity contribution in [2.24, 2.45) is 0 Å². The lowest BCUT2D eigenvalue weighted by molar-refractivity contribution is 0.567. The fourth-order valence-corrected chi connectivity index (χ4v) is 3.60. The first-order chi connectivity index (χ1) is 10.0. The first-order valence-electron chi connectivity index (χ1n) is 6.64. The third-order valence-electron chi connectivity index (χ3n) is 2.77. The molecule has 0 radical (unpaired) electrons. The van der Waals surface area contributed by atoms with Crippen molar-refractivity contribution >= 4 is 27.3 Å². The molecule has 0 saturated carbocycles. The van der Waals surface area contributed by atoms with Gasteiger partial charge in [-0.3, -0.25) is 0 Å². The molecule has 0 spiro atoms. The quantitative estimate of drug-likeness (QED) is 0.816. The number of hydrogen-bond acceptors (Lipinski definition) is 6. The van der Waals surface area contributed by atoms with E-state index in [2.05, 4.69) is 20.0 Å². The molecule has 2 aromatic heterocycles. The van der Waals surface area contributed by atoms with Crippen LogP contribution in [-0.4, -0.2) is 24.9 Å². The lowest BCUT2D eigenvalue weighted by atomic mass is 10.3. The molecule has 0 aliphatic heterocycles. The molecular weight excluding hydrogens is 308 g/mol. The number of thiophene rings is 1. The fraction of sp³-hybridized carbons (Fsp3) is 0.385. The largest absolute Gasteiger partial charge is 0.354 e. The topological polar surface area (TPSA) is 84.0 Å². The minimum atomic E-state index is -3.62. The van der Waals surface area contributed by atoms with Gasteiger partial charge in [-0.1, -0.05) is 13.0 Å². The van der Waals surface area contributed by atoms with Crippen molar-refractivity contribution in [1.29, 1.82) is 0 Å². The first-order valence-corrected chi connectivity index (χ1v) is 9.01. The molecule has 2 aromatic rings. The summed E-state index contributed by atoms with van der Waals surface area (Å²) < 4.78 is 27.1. The van der Waals surface area contributed by atoms with Gasteiger partial charge in [0.1, 0.15) is 4.90 Å². The van der Waals surface area contributed by atoms with Crippen LogP contribution in [0.2, 0.25) is 0 Å². The summed E-state index contributed by atoms with van der Waals surface area (Å²) in [7, 11) is -3.62. The van der Waals surface area contributed by atoms with E-state index >= 15 is 0 Å². The molecule has 0 saturated heterocycles. The van der Waals surface area contributed by atoms with Crippen LogP contribution in [0.25, 0.3) is 0 Å². The van der Waals surface area contributed by atoms with Crippen LogP contribution >= 0.6 is 11.3 Å². The van der Waals surface area contributed by atoms with E-state index in [4.69, 9.17) is 0 Å². The Kier molecular flexibility index (Phi) is 5.27. The molecule has 2 rings (SSSR count). The molecule has 0 amide bonds. The van der Waals surface area contributed by atoms with Crippen LogP contribution in [0.1, 0.15) is 31.2 Å². The Morgan fingerprint density at radius 3 is 2.62 bits per heavy atom. The summed E-state index contributed by atoms with van der Waals surface area (Å²) in [6, 6.07) is 3.50. The van der Waals surface area contributed by atoms with Crippen molar-refractivity contribution in [2.75, 3.05) is 11.9 Å². The average Bonchev–Trinajstić information content (AvgIpc) is 2.99. The fourth-order valence-electron chi connectivity index (χ4n) is 1.68. The Balaban J connectivity index is 2.08. The van der Waals surface area contributed by atoms with E-state index in [9.17, 15) is 8.42 Å². The zero-order valence-corrected chi connectivity index (χ0v) is 13.5. The Morgan fingerprint density at radius 1 is 1.33 bits per heavy atom. The molecule has 1 atom stereocenters. The molecule has 8 heteroatoms. The summed E-state index contributed by atoms with van der Waals surface area (Å²) >= 11 is 1.51.